The molecule has 2 aromatic carbocycles. The number of aromatic nitrogens is 3. The number of anilines is 1. The summed E-state index contributed by atoms with van der Waals surface area (Å²) >= 11 is 7.56. The average molecular weight is 405 g/mol. The van der Waals surface area contributed by atoms with Crippen LogP contribution in [0.1, 0.15) is 11.1 Å². The highest BCUT2D eigenvalue weighted by Crippen LogP contribution is 2.26. The van der Waals surface area contributed by atoms with E-state index in [2.05, 4.69) is 20.7 Å². The monoisotopic (exact) mass is 404 g/mol. The number of phenolic OH excluding ortho intramolecular Hbond substituents is 1. The van der Waals surface area contributed by atoms with Crippen LogP contribution in [0.3, 0.4) is 0 Å². The highest BCUT2D eigenvalue weighted by atomic mass is 35.5. The van der Waals surface area contributed by atoms with Gasteiger partial charge >= 0.3 is 0 Å². The molecule has 1 heterocycles. The zero-order valence-electron chi connectivity index (χ0n) is 14.3. The van der Waals surface area contributed by atoms with Crippen molar-refractivity contribution in [2.24, 2.45) is 5.10 Å². The number of phenols is 1. The second-order valence-electron chi connectivity index (χ2n) is 5.36. The number of nitrogens with zero attached hydrogens (tertiary/aromatic N) is 4. The van der Waals surface area contributed by atoms with Crippen LogP contribution in [0.5, 0.6) is 11.5 Å². The van der Waals surface area contributed by atoms with E-state index in [1.165, 1.54) is 35.8 Å². The van der Waals surface area contributed by atoms with Crippen molar-refractivity contribution in [2.75, 3.05) is 18.4 Å². The number of benzene rings is 2. The number of hydrogen-bond donors (Lipinski definition) is 3. The van der Waals surface area contributed by atoms with Crippen LogP contribution in [-0.2, 0) is 5.75 Å². The molecule has 0 aliphatic carbocycles. The Bertz CT molecular complexity index is 962. The lowest BCUT2D eigenvalue weighted by molar-refractivity contribution is 0.373. The molecule has 3 rings (SSSR count). The third-order valence-corrected chi connectivity index (χ3v) is 4.92. The summed E-state index contributed by atoms with van der Waals surface area (Å²) < 4.78 is 6.31. The fraction of sp³-hybridized carbons (Fsp3) is 0.118. The van der Waals surface area contributed by atoms with E-state index >= 15 is 0 Å². The molecule has 0 unspecified atom stereocenters. The molecule has 10 heteroatoms. The number of nitrogens with two attached hydrogens (primary N) is 1. The molecule has 4 N–H and O–H groups in total. The summed E-state index contributed by atoms with van der Waals surface area (Å²) in [5, 5.41) is 23.0. The predicted molar refractivity (Wildman–Crippen MR) is 107 cm³/mol. The van der Waals surface area contributed by atoms with Gasteiger partial charge in [0.1, 0.15) is 0 Å². The summed E-state index contributed by atoms with van der Waals surface area (Å²) in [5.74, 6) is 7.31. The fourth-order valence-electron chi connectivity index (χ4n) is 2.16. The first-order valence-corrected chi connectivity index (χ1v) is 9.17. The molecule has 0 aliphatic rings. The van der Waals surface area contributed by atoms with Crippen molar-refractivity contribution < 1.29 is 9.84 Å². The summed E-state index contributed by atoms with van der Waals surface area (Å²) in [5.41, 5.74) is 4.38. The maximum atomic E-state index is 9.76. The van der Waals surface area contributed by atoms with E-state index in [0.29, 0.717) is 27.2 Å². The van der Waals surface area contributed by atoms with E-state index in [9.17, 15) is 5.11 Å². The van der Waals surface area contributed by atoms with Crippen molar-refractivity contribution >= 4 is 35.5 Å². The maximum Gasteiger partial charge on any atom is 0.264 e. The molecule has 0 aliphatic heterocycles. The third-order valence-electron chi connectivity index (χ3n) is 3.56. The van der Waals surface area contributed by atoms with Gasteiger partial charge in [-0.15, -0.1) is 10.2 Å². The van der Waals surface area contributed by atoms with Gasteiger partial charge in [-0.25, -0.2) is 10.1 Å². The molecule has 8 nitrogen and oxygen atoms in total. The molecule has 140 valence electrons. The quantitative estimate of drug-likeness (QED) is 0.240. The smallest absolute Gasteiger partial charge is 0.264 e. The van der Waals surface area contributed by atoms with Crippen LogP contribution in [0, 0.1) is 0 Å². The van der Waals surface area contributed by atoms with Gasteiger partial charge in [0.15, 0.2) is 11.5 Å². The van der Waals surface area contributed by atoms with Gasteiger partial charge in [0.05, 0.1) is 13.3 Å². The van der Waals surface area contributed by atoms with Crippen LogP contribution in [-0.4, -0.2) is 33.3 Å². The van der Waals surface area contributed by atoms with Crippen LogP contribution >= 0.6 is 23.4 Å². The number of aromatic hydroxyl groups is 1. The number of thioether (sulfide) groups is 1. The number of nitrogen functional groups attached to an aromatic ring is 1. The minimum absolute atomic E-state index is 0.0294. The van der Waals surface area contributed by atoms with Gasteiger partial charge in [0.25, 0.3) is 5.95 Å². The molecular weight excluding hydrogens is 388 g/mol. The third kappa shape index (κ3) is 4.63. The van der Waals surface area contributed by atoms with Crippen LogP contribution < -0.4 is 16.0 Å². The summed E-state index contributed by atoms with van der Waals surface area (Å²) in [6, 6.07) is 12.5. The maximum absolute atomic E-state index is 9.76. The molecule has 0 saturated heterocycles. The zero-order chi connectivity index (χ0) is 19.2. The number of hydrogen-bond acceptors (Lipinski definition) is 8. The number of ether oxygens (including phenoxy) is 1. The van der Waals surface area contributed by atoms with Gasteiger partial charge in [-0.3, -0.25) is 0 Å². The Balaban J connectivity index is 1.62. The van der Waals surface area contributed by atoms with Gasteiger partial charge in [-0.2, -0.15) is 5.10 Å². The summed E-state index contributed by atoms with van der Waals surface area (Å²) in [6.45, 7) is 0. The van der Waals surface area contributed by atoms with E-state index in [1.807, 2.05) is 24.3 Å². The van der Waals surface area contributed by atoms with E-state index in [-0.39, 0.29) is 11.7 Å². The summed E-state index contributed by atoms with van der Waals surface area (Å²) in [4.78, 5) is 0. The summed E-state index contributed by atoms with van der Waals surface area (Å²) in [6.07, 6.45) is 1.52. The first-order chi connectivity index (χ1) is 13.1. The van der Waals surface area contributed by atoms with Crippen LogP contribution in [0.25, 0.3) is 0 Å². The molecule has 0 atom stereocenters. The molecule has 0 amide bonds. The SMILES string of the molecule is COc1ccc(/C=N/Nc2nnc(SCc3ccccc3Cl)n2N)cc1O. The molecule has 0 bridgehead atoms. The largest absolute Gasteiger partial charge is 0.504 e. The van der Waals surface area contributed by atoms with Gasteiger partial charge in [0.2, 0.25) is 5.16 Å². The molecule has 0 spiro atoms. The first kappa shape index (κ1) is 18.9. The second kappa shape index (κ2) is 8.65. The van der Waals surface area contributed by atoms with Crippen molar-refractivity contribution in [3.05, 3.63) is 58.6 Å². The van der Waals surface area contributed by atoms with Gasteiger partial charge in [0, 0.05) is 10.8 Å². The lowest BCUT2D eigenvalue weighted by Gasteiger charge is -2.05. The molecule has 0 fully saturated rings. The fourth-order valence-corrected chi connectivity index (χ4v) is 3.30. The topological polar surface area (TPSA) is 111 Å². The molecule has 0 radical (unpaired) electrons. The van der Waals surface area contributed by atoms with Gasteiger partial charge < -0.3 is 15.7 Å². The Labute approximate surface area is 165 Å². The Morgan fingerprint density at radius 3 is 2.89 bits per heavy atom. The van der Waals surface area contributed by atoms with Crippen LogP contribution in [0.4, 0.5) is 5.95 Å². The van der Waals surface area contributed by atoms with E-state index in [1.54, 1.807) is 12.1 Å². The Kier molecular flexibility index (Phi) is 6.05. The molecule has 27 heavy (non-hydrogen) atoms. The van der Waals surface area contributed by atoms with E-state index < -0.39 is 0 Å². The highest BCUT2D eigenvalue weighted by molar-refractivity contribution is 7.98. The molecular formula is C17H17ClN6O2S. The Morgan fingerprint density at radius 2 is 2.15 bits per heavy atom. The van der Waals surface area contributed by atoms with E-state index in [4.69, 9.17) is 22.2 Å². The van der Waals surface area contributed by atoms with Gasteiger partial charge in [-0.05, 0) is 35.4 Å². The minimum atomic E-state index is 0.0294. The zero-order valence-corrected chi connectivity index (χ0v) is 15.9. The lowest BCUT2D eigenvalue weighted by atomic mass is 10.2. The number of methoxy groups -OCH3 is 1. The minimum Gasteiger partial charge on any atom is -0.504 e. The molecule has 1 aromatic heterocycles. The number of hydrazone groups is 1. The second-order valence-corrected chi connectivity index (χ2v) is 6.71. The average Bonchev–Trinajstić information content (AvgIpc) is 3.01. The normalized spacial score (nSPS) is 11.0. The summed E-state index contributed by atoms with van der Waals surface area (Å²) in [7, 11) is 1.49. The van der Waals surface area contributed by atoms with Crippen molar-refractivity contribution in [3.8, 4) is 11.5 Å². The van der Waals surface area contributed by atoms with Crippen molar-refractivity contribution in [2.45, 2.75) is 10.9 Å². The van der Waals surface area contributed by atoms with Crippen molar-refractivity contribution in [1.82, 2.24) is 14.9 Å². The van der Waals surface area contributed by atoms with E-state index in [0.717, 1.165) is 5.56 Å². The molecule has 0 saturated carbocycles. The predicted octanol–water partition coefficient (Wildman–Crippen LogP) is 3.10. The van der Waals surface area contributed by atoms with Gasteiger partial charge in [-0.1, -0.05) is 41.6 Å². The lowest BCUT2D eigenvalue weighted by Crippen LogP contribution is -2.13. The standard InChI is InChI=1S/C17H17ClN6O2S/c1-26-15-7-6-11(8-14(15)25)9-20-21-16-22-23-17(24(16)19)27-10-12-4-2-3-5-13(12)18/h2-9,25H,10,19H2,1H3,(H,21,22)/b20-9+. The number of rotatable bonds is 7. The first-order valence-electron chi connectivity index (χ1n) is 7.81. The van der Waals surface area contributed by atoms with Crippen molar-refractivity contribution in [1.29, 1.82) is 0 Å². The Morgan fingerprint density at radius 1 is 1.33 bits per heavy atom. The Hall–Kier alpha value is -2.91. The number of halogens is 1. The molecule has 3 aromatic rings. The van der Waals surface area contributed by atoms with Crippen LogP contribution in [0.15, 0.2) is 52.7 Å². The number of nitrogens with one attached hydrogen (secondary N) is 1. The highest BCUT2D eigenvalue weighted by Gasteiger charge is 2.10. The van der Waals surface area contributed by atoms with Crippen LogP contribution in [0.2, 0.25) is 5.02 Å². The van der Waals surface area contributed by atoms with Crippen molar-refractivity contribution in [3.63, 3.8) is 0 Å².